The molecule has 1 aliphatic carbocycles. The highest BCUT2D eigenvalue weighted by molar-refractivity contribution is 7.99. The number of hydrogen-bond donors (Lipinski definition) is 1. The van der Waals surface area contributed by atoms with Crippen LogP contribution < -0.4 is 5.32 Å². The number of para-hydroxylation sites is 1. The second-order valence-electron chi connectivity index (χ2n) is 7.87. The summed E-state index contributed by atoms with van der Waals surface area (Å²) in [5, 5.41) is 13.2. The van der Waals surface area contributed by atoms with Crippen LogP contribution in [0.3, 0.4) is 0 Å². The van der Waals surface area contributed by atoms with E-state index in [1.807, 2.05) is 4.40 Å². The number of halogens is 1. The number of nitrogens with zero attached hydrogens (tertiary/aromatic N) is 4. The van der Waals surface area contributed by atoms with Crippen LogP contribution in [0.2, 0.25) is 0 Å². The Bertz CT molecular complexity index is 1300. The minimum absolute atomic E-state index is 0.107. The molecule has 160 valence electrons. The molecular formula is C22H22FN5OS2. The molecule has 0 fully saturated rings. The zero-order valence-electron chi connectivity index (χ0n) is 17.3. The third-order valence-electron chi connectivity index (χ3n) is 5.64. The van der Waals surface area contributed by atoms with Gasteiger partial charge in [0, 0.05) is 11.3 Å². The number of nitrogens with one attached hydrogen (secondary N) is 1. The summed E-state index contributed by atoms with van der Waals surface area (Å²) < 4.78 is 15.8. The van der Waals surface area contributed by atoms with Gasteiger partial charge in [-0.1, -0.05) is 37.7 Å². The molecule has 6 nitrogen and oxygen atoms in total. The molecule has 4 aromatic rings. The lowest BCUT2D eigenvalue weighted by atomic mass is 9.89. The van der Waals surface area contributed by atoms with Crippen molar-refractivity contribution in [3.05, 3.63) is 46.3 Å². The predicted octanol–water partition coefficient (Wildman–Crippen LogP) is 4.90. The predicted molar refractivity (Wildman–Crippen MR) is 122 cm³/mol. The van der Waals surface area contributed by atoms with Gasteiger partial charge in [-0.2, -0.15) is 0 Å². The molecule has 0 aliphatic heterocycles. The van der Waals surface area contributed by atoms with Gasteiger partial charge >= 0.3 is 0 Å². The Labute approximate surface area is 187 Å². The van der Waals surface area contributed by atoms with E-state index >= 15 is 0 Å². The van der Waals surface area contributed by atoms with Crippen molar-refractivity contribution >= 4 is 50.6 Å². The number of thioether (sulfide) groups is 1. The third kappa shape index (κ3) is 3.70. The molecule has 0 bridgehead atoms. The molecule has 5 rings (SSSR count). The summed E-state index contributed by atoms with van der Waals surface area (Å²) in [6, 6.07) is 6.14. The van der Waals surface area contributed by atoms with Gasteiger partial charge in [0.1, 0.15) is 16.5 Å². The smallest absolute Gasteiger partial charge is 0.234 e. The number of benzene rings is 1. The summed E-state index contributed by atoms with van der Waals surface area (Å²) in [7, 11) is 0. The van der Waals surface area contributed by atoms with E-state index in [9.17, 15) is 9.18 Å². The molecule has 9 heteroatoms. The standard InChI is InChI=1S/C22H22FN5OS2/c1-3-17-25-21-19(13-9-8-12(2)10-16(13)31-21)20-26-27-22(28(17)20)30-11-18(29)24-15-7-5-4-6-14(15)23/h4-7,12H,3,8-11H2,1-2H3,(H,24,29)/t12-/m1/s1. The quantitative estimate of drug-likeness (QED) is 0.434. The Morgan fingerprint density at radius 2 is 2.19 bits per heavy atom. The first-order chi connectivity index (χ1) is 15.0. The first-order valence-corrected chi connectivity index (χ1v) is 12.2. The maximum absolute atomic E-state index is 13.8. The first-order valence-electron chi connectivity index (χ1n) is 10.4. The maximum Gasteiger partial charge on any atom is 0.234 e. The lowest BCUT2D eigenvalue weighted by Crippen LogP contribution is -2.15. The molecule has 0 unspecified atom stereocenters. The Morgan fingerprint density at radius 1 is 1.35 bits per heavy atom. The number of rotatable bonds is 5. The van der Waals surface area contributed by atoms with Crippen molar-refractivity contribution < 1.29 is 9.18 Å². The summed E-state index contributed by atoms with van der Waals surface area (Å²) in [6.45, 7) is 4.36. The van der Waals surface area contributed by atoms with Crippen LogP contribution in [-0.2, 0) is 24.1 Å². The van der Waals surface area contributed by atoms with E-state index < -0.39 is 5.82 Å². The minimum atomic E-state index is -0.454. The van der Waals surface area contributed by atoms with E-state index in [2.05, 4.69) is 29.4 Å². The number of hydrogen-bond acceptors (Lipinski definition) is 6. The van der Waals surface area contributed by atoms with Crippen LogP contribution in [0.15, 0.2) is 29.4 Å². The number of fused-ring (bicyclic) bond motifs is 5. The summed E-state index contributed by atoms with van der Waals surface area (Å²) >= 11 is 3.07. The van der Waals surface area contributed by atoms with Gasteiger partial charge in [-0.15, -0.1) is 21.5 Å². The Balaban J connectivity index is 1.46. The molecule has 1 N–H and O–H groups in total. The van der Waals surface area contributed by atoms with E-state index in [4.69, 9.17) is 4.98 Å². The molecule has 3 aromatic heterocycles. The summed E-state index contributed by atoms with van der Waals surface area (Å²) in [6.07, 6.45) is 4.04. The number of aromatic nitrogens is 4. The molecule has 1 atom stereocenters. The molecule has 0 saturated heterocycles. The number of anilines is 1. The molecule has 1 aromatic carbocycles. The van der Waals surface area contributed by atoms with Gasteiger partial charge in [0.05, 0.1) is 16.8 Å². The van der Waals surface area contributed by atoms with Crippen LogP contribution >= 0.6 is 23.1 Å². The van der Waals surface area contributed by atoms with E-state index in [1.165, 1.54) is 34.7 Å². The highest BCUT2D eigenvalue weighted by Gasteiger charge is 2.25. The van der Waals surface area contributed by atoms with Crippen molar-refractivity contribution in [3.63, 3.8) is 0 Å². The SMILES string of the molecule is CCc1nc2sc3c(c2c2nnc(SCC(=O)Nc4ccccc4F)n12)CC[C@@H](C)C3. The van der Waals surface area contributed by atoms with Crippen LogP contribution in [0.1, 0.15) is 36.5 Å². The number of carbonyl (C=O) groups excluding carboxylic acids is 1. The summed E-state index contributed by atoms with van der Waals surface area (Å²) in [4.78, 5) is 19.7. The monoisotopic (exact) mass is 455 g/mol. The van der Waals surface area contributed by atoms with Crippen LogP contribution in [0.4, 0.5) is 10.1 Å². The average Bonchev–Trinajstić information content (AvgIpc) is 3.33. The molecule has 0 radical (unpaired) electrons. The first kappa shape index (κ1) is 20.4. The summed E-state index contributed by atoms with van der Waals surface area (Å²) in [5.41, 5.74) is 2.36. The van der Waals surface area contributed by atoms with Crippen molar-refractivity contribution in [2.75, 3.05) is 11.1 Å². The molecular weight excluding hydrogens is 433 g/mol. The van der Waals surface area contributed by atoms with Crippen molar-refractivity contribution in [1.82, 2.24) is 19.6 Å². The Morgan fingerprint density at radius 3 is 3.00 bits per heavy atom. The second kappa shape index (κ2) is 8.20. The van der Waals surface area contributed by atoms with Crippen LogP contribution in [0.5, 0.6) is 0 Å². The highest BCUT2D eigenvalue weighted by atomic mass is 32.2. The number of amides is 1. The lowest BCUT2D eigenvalue weighted by molar-refractivity contribution is -0.113. The molecule has 0 spiro atoms. The van der Waals surface area contributed by atoms with Crippen molar-refractivity contribution in [1.29, 1.82) is 0 Å². The topological polar surface area (TPSA) is 72.2 Å². The van der Waals surface area contributed by atoms with E-state index in [0.717, 1.165) is 41.0 Å². The summed E-state index contributed by atoms with van der Waals surface area (Å²) in [5.74, 6) is 0.941. The lowest BCUT2D eigenvalue weighted by Gasteiger charge is -2.17. The third-order valence-corrected chi connectivity index (χ3v) is 7.71. The van der Waals surface area contributed by atoms with Gasteiger partial charge in [0.2, 0.25) is 5.91 Å². The van der Waals surface area contributed by atoms with Crippen molar-refractivity contribution in [3.8, 4) is 0 Å². The van der Waals surface area contributed by atoms with Crippen LogP contribution in [0.25, 0.3) is 15.9 Å². The normalized spacial score (nSPS) is 16.0. The molecule has 0 saturated carbocycles. The van der Waals surface area contributed by atoms with Crippen LogP contribution in [0, 0.1) is 11.7 Å². The van der Waals surface area contributed by atoms with Gasteiger partial charge in [-0.05, 0) is 42.9 Å². The number of thiophene rings is 1. The fourth-order valence-corrected chi connectivity index (χ4v) is 6.24. The zero-order chi connectivity index (χ0) is 21.5. The van der Waals surface area contributed by atoms with E-state index in [1.54, 1.807) is 29.5 Å². The minimum Gasteiger partial charge on any atom is -0.323 e. The van der Waals surface area contributed by atoms with Gasteiger partial charge in [-0.3, -0.25) is 9.20 Å². The molecule has 31 heavy (non-hydrogen) atoms. The maximum atomic E-state index is 13.8. The van der Waals surface area contributed by atoms with Gasteiger partial charge in [0.25, 0.3) is 0 Å². The molecule has 1 amide bonds. The number of aryl methyl sites for hydroxylation is 2. The Hall–Kier alpha value is -2.52. The molecule has 1 aliphatic rings. The fraction of sp³-hybridized carbons (Fsp3) is 0.364. The largest absolute Gasteiger partial charge is 0.323 e. The van der Waals surface area contributed by atoms with Gasteiger partial charge in [0.15, 0.2) is 10.8 Å². The van der Waals surface area contributed by atoms with Gasteiger partial charge in [-0.25, -0.2) is 9.37 Å². The van der Waals surface area contributed by atoms with Crippen molar-refractivity contribution in [2.24, 2.45) is 5.92 Å². The second-order valence-corrected chi connectivity index (χ2v) is 9.90. The van der Waals surface area contributed by atoms with Gasteiger partial charge < -0.3 is 5.32 Å². The molecule has 3 heterocycles. The van der Waals surface area contributed by atoms with Crippen molar-refractivity contribution in [2.45, 2.75) is 44.7 Å². The average molecular weight is 456 g/mol. The number of carbonyl (C=O) groups is 1. The fourth-order valence-electron chi connectivity index (χ4n) is 4.09. The van der Waals surface area contributed by atoms with E-state index in [-0.39, 0.29) is 17.3 Å². The Kier molecular flexibility index (Phi) is 5.39. The highest BCUT2D eigenvalue weighted by Crippen LogP contribution is 2.39. The van der Waals surface area contributed by atoms with E-state index in [0.29, 0.717) is 11.1 Å². The van der Waals surface area contributed by atoms with Crippen LogP contribution in [-0.4, -0.2) is 31.2 Å². The zero-order valence-corrected chi connectivity index (χ0v) is 18.9.